The second-order valence-electron chi connectivity index (χ2n) is 5.96. The van der Waals surface area contributed by atoms with Crippen molar-refractivity contribution in [3.8, 4) is 11.3 Å². The Kier molecular flexibility index (Phi) is 2.56. The lowest BCUT2D eigenvalue weighted by Gasteiger charge is -2.04. The Morgan fingerprint density at radius 2 is 1.22 bits per heavy atom. The average Bonchev–Trinajstić information content (AvgIpc) is 3.06. The lowest BCUT2D eigenvalue weighted by atomic mass is 10.0. The van der Waals surface area contributed by atoms with Gasteiger partial charge in [0.05, 0.1) is 0 Å². The number of aromatic amines is 1. The third-order valence-electron chi connectivity index (χ3n) is 4.61. The summed E-state index contributed by atoms with van der Waals surface area (Å²) in [6.45, 7) is 0. The molecule has 1 heterocycles. The van der Waals surface area contributed by atoms with Gasteiger partial charge in [-0.15, -0.1) is 0 Å². The molecular formula is C22H15N. The minimum Gasteiger partial charge on any atom is -0.354 e. The summed E-state index contributed by atoms with van der Waals surface area (Å²) < 4.78 is 0. The smallest absolute Gasteiger partial charge is 0.0471 e. The Morgan fingerprint density at radius 1 is 0.522 bits per heavy atom. The maximum absolute atomic E-state index is 3.60. The van der Waals surface area contributed by atoms with Crippen LogP contribution in [-0.2, 0) is 0 Å². The molecule has 0 radical (unpaired) electrons. The minimum absolute atomic E-state index is 1.17. The van der Waals surface area contributed by atoms with Gasteiger partial charge in [0, 0.05) is 22.2 Å². The van der Waals surface area contributed by atoms with Crippen molar-refractivity contribution in [2.45, 2.75) is 0 Å². The van der Waals surface area contributed by atoms with E-state index in [2.05, 4.69) is 89.9 Å². The van der Waals surface area contributed by atoms with Crippen LogP contribution in [0.5, 0.6) is 0 Å². The summed E-state index contributed by atoms with van der Waals surface area (Å²) in [7, 11) is 0. The van der Waals surface area contributed by atoms with E-state index in [9.17, 15) is 0 Å². The van der Waals surface area contributed by atoms with E-state index in [1.807, 2.05) is 0 Å². The van der Waals surface area contributed by atoms with Gasteiger partial charge in [-0.1, -0.05) is 72.8 Å². The van der Waals surface area contributed by atoms with Crippen molar-refractivity contribution in [1.82, 2.24) is 4.98 Å². The molecule has 1 N–H and O–H groups in total. The van der Waals surface area contributed by atoms with E-state index in [0.29, 0.717) is 0 Å². The van der Waals surface area contributed by atoms with Crippen LogP contribution in [0.25, 0.3) is 43.7 Å². The molecule has 0 saturated carbocycles. The fourth-order valence-corrected chi connectivity index (χ4v) is 3.49. The first-order chi connectivity index (χ1) is 11.4. The maximum atomic E-state index is 3.60. The highest BCUT2D eigenvalue weighted by Gasteiger charge is 2.08. The largest absolute Gasteiger partial charge is 0.354 e. The van der Waals surface area contributed by atoms with Crippen LogP contribution in [0.3, 0.4) is 0 Å². The van der Waals surface area contributed by atoms with Gasteiger partial charge in [-0.25, -0.2) is 0 Å². The normalized spacial score (nSPS) is 11.5. The van der Waals surface area contributed by atoms with Crippen molar-refractivity contribution in [3.63, 3.8) is 0 Å². The number of H-pyrrole nitrogens is 1. The van der Waals surface area contributed by atoms with Crippen LogP contribution in [0.15, 0.2) is 84.9 Å². The third-order valence-corrected chi connectivity index (χ3v) is 4.61. The van der Waals surface area contributed by atoms with E-state index in [1.165, 1.54) is 43.7 Å². The standard InChI is InChI=1S/C22H15N/c1-3-9-17-15(6-1)8-5-11-19(17)22-14-20-18-10-4-2-7-16(18)12-13-21(20)23-22/h1-14,23H. The van der Waals surface area contributed by atoms with Gasteiger partial charge in [0.25, 0.3) is 0 Å². The molecule has 0 bridgehead atoms. The second-order valence-corrected chi connectivity index (χ2v) is 5.96. The molecule has 0 aliphatic rings. The predicted molar refractivity (Wildman–Crippen MR) is 98.7 cm³/mol. The summed E-state index contributed by atoms with van der Waals surface area (Å²) in [6.07, 6.45) is 0. The van der Waals surface area contributed by atoms with Crippen LogP contribution in [0.2, 0.25) is 0 Å². The Bertz CT molecular complexity index is 1160. The number of rotatable bonds is 1. The first kappa shape index (κ1) is 12.5. The molecule has 23 heavy (non-hydrogen) atoms. The molecule has 0 amide bonds. The van der Waals surface area contributed by atoms with Crippen LogP contribution in [-0.4, -0.2) is 4.98 Å². The molecule has 1 heteroatoms. The van der Waals surface area contributed by atoms with Gasteiger partial charge in [-0.05, 0) is 33.7 Å². The molecule has 0 aliphatic heterocycles. The number of fused-ring (bicyclic) bond motifs is 4. The Labute approximate surface area is 134 Å². The Hall–Kier alpha value is -3.06. The van der Waals surface area contributed by atoms with Crippen molar-refractivity contribution >= 4 is 32.4 Å². The van der Waals surface area contributed by atoms with E-state index < -0.39 is 0 Å². The zero-order chi connectivity index (χ0) is 15.2. The average molecular weight is 293 g/mol. The summed E-state index contributed by atoms with van der Waals surface area (Å²) >= 11 is 0. The highest BCUT2D eigenvalue weighted by Crippen LogP contribution is 2.33. The SMILES string of the molecule is c1ccc2c(-c3cc4c(ccc5ccccc54)[nH]3)cccc2c1. The summed E-state index contributed by atoms with van der Waals surface area (Å²) in [5.74, 6) is 0. The molecule has 0 unspecified atom stereocenters. The zero-order valence-corrected chi connectivity index (χ0v) is 12.6. The Morgan fingerprint density at radius 3 is 2.09 bits per heavy atom. The van der Waals surface area contributed by atoms with Crippen molar-refractivity contribution in [1.29, 1.82) is 0 Å². The molecule has 108 valence electrons. The molecule has 1 aromatic heterocycles. The van der Waals surface area contributed by atoms with Gasteiger partial charge >= 0.3 is 0 Å². The number of aromatic nitrogens is 1. The van der Waals surface area contributed by atoms with Gasteiger partial charge in [0.15, 0.2) is 0 Å². The fraction of sp³-hybridized carbons (Fsp3) is 0. The number of nitrogens with one attached hydrogen (secondary N) is 1. The molecule has 0 fully saturated rings. The zero-order valence-electron chi connectivity index (χ0n) is 12.6. The van der Waals surface area contributed by atoms with Crippen molar-refractivity contribution < 1.29 is 0 Å². The summed E-state index contributed by atoms with van der Waals surface area (Å²) in [4.78, 5) is 3.60. The molecular weight excluding hydrogens is 278 g/mol. The Balaban J connectivity index is 1.84. The number of benzene rings is 4. The molecule has 1 nitrogen and oxygen atoms in total. The van der Waals surface area contributed by atoms with Gasteiger partial charge in [0.1, 0.15) is 0 Å². The summed E-state index contributed by atoms with van der Waals surface area (Å²) in [5.41, 5.74) is 3.61. The number of hydrogen-bond donors (Lipinski definition) is 1. The molecule has 0 atom stereocenters. The maximum Gasteiger partial charge on any atom is 0.0471 e. The monoisotopic (exact) mass is 293 g/mol. The van der Waals surface area contributed by atoms with E-state index in [0.717, 1.165) is 0 Å². The molecule has 0 saturated heterocycles. The van der Waals surface area contributed by atoms with Gasteiger partial charge < -0.3 is 4.98 Å². The third kappa shape index (κ3) is 1.87. The molecule has 0 aliphatic carbocycles. The van der Waals surface area contributed by atoms with Crippen LogP contribution >= 0.6 is 0 Å². The van der Waals surface area contributed by atoms with Crippen molar-refractivity contribution in [2.75, 3.05) is 0 Å². The molecule has 5 aromatic rings. The molecule has 4 aromatic carbocycles. The molecule has 5 rings (SSSR count). The van der Waals surface area contributed by atoms with Crippen LogP contribution < -0.4 is 0 Å². The summed E-state index contributed by atoms with van der Waals surface area (Å²) in [5, 5.41) is 6.42. The van der Waals surface area contributed by atoms with Crippen LogP contribution in [0, 0.1) is 0 Å². The minimum atomic E-state index is 1.17. The molecule has 0 spiro atoms. The number of hydrogen-bond acceptors (Lipinski definition) is 0. The highest BCUT2D eigenvalue weighted by molar-refractivity contribution is 6.09. The van der Waals surface area contributed by atoms with E-state index in [1.54, 1.807) is 0 Å². The lowest BCUT2D eigenvalue weighted by Crippen LogP contribution is -1.80. The second kappa shape index (κ2) is 4.72. The van der Waals surface area contributed by atoms with Gasteiger partial charge in [-0.2, -0.15) is 0 Å². The van der Waals surface area contributed by atoms with Crippen LogP contribution in [0.1, 0.15) is 0 Å². The van der Waals surface area contributed by atoms with Crippen molar-refractivity contribution in [2.24, 2.45) is 0 Å². The topological polar surface area (TPSA) is 15.8 Å². The highest BCUT2D eigenvalue weighted by atomic mass is 14.7. The van der Waals surface area contributed by atoms with E-state index >= 15 is 0 Å². The lowest BCUT2D eigenvalue weighted by molar-refractivity contribution is 1.47. The first-order valence-corrected chi connectivity index (χ1v) is 7.89. The first-order valence-electron chi connectivity index (χ1n) is 7.89. The predicted octanol–water partition coefficient (Wildman–Crippen LogP) is 6.14. The quantitative estimate of drug-likeness (QED) is 0.382. The summed E-state index contributed by atoms with van der Waals surface area (Å²) in [6, 6.07) is 30.2. The van der Waals surface area contributed by atoms with Crippen molar-refractivity contribution in [3.05, 3.63) is 84.9 Å². The van der Waals surface area contributed by atoms with E-state index in [4.69, 9.17) is 0 Å². The van der Waals surface area contributed by atoms with Crippen LogP contribution in [0.4, 0.5) is 0 Å². The van der Waals surface area contributed by atoms with Gasteiger partial charge in [-0.3, -0.25) is 0 Å². The fourth-order valence-electron chi connectivity index (χ4n) is 3.49. The van der Waals surface area contributed by atoms with Gasteiger partial charge in [0.2, 0.25) is 0 Å². The van der Waals surface area contributed by atoms with E-state index in [-0.39, 0.29) is 0 Å².